The summed E-state index contributed by atoms with van der Waals surface area (Å²) in [6.07, 6.45) is 0. The van der Waals surface area contributed by atoms with Crippen molar-refractivity contribution in [2.45, 2.75) is 6.92 Å². The minimum atomic E-state index is -3.49. The molecule has 1 aromatic carbocycles. The molecule has 1 rings (SSSR count). The van der Waals surface area contributed by atoms with E-state index in [1.807, 2.05) is 0 Å². The summed E-state index contributed by atoms with van der Waals surface area (Å²) in [4.78, 5) is 10.6. The number of hydrogen-bond donors (Lipinski definition) is 3. The van der Waals surface area contributed by atoms with Crippen molar-refractivity contribution in [1.82, 2.24) is 0 Å². The standard InChI is InChI=1S/C9H11NO5S/c1-2-16(14,15)10-7-4-3-6(9(12)13)5-8(7)11/h3-5,10-11H,2H2,1H3,(H,12,13). The SMILES string of the molecule is CCS(=O)(=O)Nc1ccc(C(=O)O)cc1O. The number of hydrogen-bond acceptors (Lipinski definition) is 4. The largest absolute Gasteiger partial charge is 0.506 e. The molecule has 1 aromatic rings. The molecule has 0 heterocycles. The first-order chi connectivity index (χ1) is 7.35. The monoisotopic (exact) mass is 245 g/mol. The highest BCUT2D eigenvalue weighted by Crippen LogP contribution is 2.25. The molecule has 0 unspecified atom stereocenters. The fourth-order valence-corrected chi connectivity index (χ4v) is 1.64. The number of carbonyl (C=O) groups is 1. The summed E-state index contributed by atoms with van der Waals surface area (Å²) in [7, 11) is -3.49. The van der Waals surface area contributed by atoms with Crippen molar-refractivity contribution in [3.05, 3.63) is 23.8 Å². The van der Waals surface area contributed by atoms with Crippen LogP contribution in [0.2, 0.25) is 0 Å². The Kier molecular flexibility index (Phi) is 3.38. The molecule has 3 N–H and O–H groups in total. The summed E-state index contributed by atoms with van der Waals surface area (Å²) in [5, 5.41) is 18.0. The lowest BCUT2D eigenvalue weighted by molar-refractivity contribution is 0.0696. The Morgan fingerprint density at radius 2 is 2.06 bits per heavy atom. The predicted octanol–water partition coefficient (Wildman–Crippen LogP) is 0.852. The summed E-state index contributed by atoms with van der Waals surface area (Å²) >= 11 is 0. The predicted molar refractivity (Wildman–Crippen MR) is 58.1 cm³/mol. The van der Waals surface area contributed by atoms with Gasteiger partial charge in [-0.3, -0.25) is 4.72 Å². The molecule has 0 aliphatic heterocycles. The van der Waals surface area contributed by atoms with E-state index in [-0.39, 0.29) is 17.0 Å². The summed E-state index contributed by atoms with van der Waals surface area (Å²) < 4.78 is 24.5. The van der Waals surface area contributed by atoms with Gasteiger partial charge in [-0.2, -0.15) is 0 Å². The van der Waals surface area contributed by atoms with E-state index in [4.69, 9.17) is 5.11 Å². The van der Waals surface area contributed by atoms with Crippen LogP contribution in [0.5, 0.6) is 5.75 Å². The molecule has 0 aromatic heterocycles. The van der Waals surface area contributed by atoms with E-state index in [2.05, 4.69) is 4.72 Å². The maximum Gasteiger partial charge on any atom is 0.335 e. The fourth-order valence-electron chi connectivity index (χ4n) is 0.991. The van der Waals surface area contributed by atoms with E-state index < -0.39 is 21.7 Å². The summed E-state index contributed by atoms with van der Waals surface area (Å²) in [5.41, 5.74) is -0.149. The Bertz CT molecular complexity index is 509. The molecule has 0 aliphatic carbocycles. The Balaban J connectivity index is 3.05. The van der Waals surface area contributed by atoms with Crippen LogP contribution in [0.3, 0.4) is 0 Å². The van der Waals surface area contributed by atoms with Crippen LogP contribution in [0, 0.1) is 0 Å². The molecular formula is C9H11NO5S. The van der Waals surface area contributed by atoms with Crippen LogP contribution in [0.4, 0.5) is 5.69 Å². The number of carboxylic acid groups (broad SMARTS) is 1. The normalized spacial score (nSPS) is 11.1. The Morgan fingerprint density at radius 3 is 2.50 bits per heavy atom. The van der Waals surface area contributed by atoms with Gasteiger partial charge in [-0.05, 0) is 25.1 Å². The van der Waals surface area contributed by atoms with Gasteiger partial charge < -0.3 is 10.2 Å². The maximum absolute atomic E-state index is 11.2. The van der Waals surface area contributed by atoms with Crippen LogP contribution in [-0.4, -0.2) is 30.4 Å². The third-order valence-corrected chi connectivity index (χ3v) is 3.18. The van der Waals surface area contributed by atoms with Crippen LogP contribution >= 0.6 is 0 Å². The lowest BCUT2D eigenvalue weighted by Gasteiger charge is -2.08. The van der Waals surface area contributed by atoms with Crippen molar-refractivity contribution in [3.63, 3.8) is 0 Å². The Morgan fingerprint density at radius 1 is 1.44 bits per heavy atom. The van der Waals surface area contributed by atoms with Crippen molar-refractivity contribution in [2.24, 2.45) is 0 Å². The van der Waals surface area contributed by atoms with Gasteiger partial charge >= 0.3 is 5.97 Å². The number of rotatable bonds is 4. The van der Waals surface area contributed by atoms with Crippen LogP contribution < -0.4 is 4.72 Å². The fraction of sp³-hybridized carbons (Fsp3) is 0.222. The average Bonchev–Trinajstić information content (AvgIpc) is 2.20. The highest BCUT2D eigenvalue weighted by atomic mass is 32.2. The zero-order valence-electron chi connectivity index (χ0n) is 8.47. The first-order valence-corrected chi connectivity index (χ1v) is 6.07. The molecular weight excluding hydrogens is 234 g/mol. The molecule has 0 aliphatic rings. The minimum Gasteiger partial charge on any atom is -0.506 e. The second-order valence-electron chi connectivity index (χ2n) is 3.04. The quantitative estimate of drug-likeness (QED) is 0.682. The first-order valence-electron chi connectivity index (χ1n) is 4.42. The highest BCUT2D eigenvalue weighted by molar-refractivity contribution is 7.92. The maximum atomic E-state index is 11.2. The smallest absolute Gasteiger partial charge is 0.335 e. The molecule has 88 valence electrons. The van der Waals surface area contributed by atoms with Crippen molar-refractivity contribution >= 4 is 21.7 Å². The van der Waals surface area contributed by atoms with Crippen molar-refractivity contribution < 1.29 is 23.4 Å². The van der Waals surface area contributed by atoms with E-state index in [0.717, 1.165) is 6.07 Å². The van der Waals surface area contributed by atoms with E-state index in [9.17, 15) is 18.3 Å². The summed E-state index contributed by atoms with van der Waals surface area (Å²) in [6, 6.07) is 3.39. The number of carboxylic acids is 1. The molecule has 0 saturated heterocycles. The van der Waals surface area contributed by atoms with E-state index in [0.29, 0.717) is 0 Å². The van der Waals surface area contributed by atoms with Crippen molar-refractivity contribution in [3.8, 4) is 5.75 Å². The number of phenols is 1. The number of benzene rings is 1. The third-order valence-electron chi connectivity index (χ3n) is 1.89. The van der Waals surface area contributed by atoms with Gasteiger partial charge in [-0.15, -0.1) is 0 Å². The number of aromatic hydroxyl groups is 1. The minimum absolute atomic E-state index is 0.0353. The van der Waals surface area contributed by atoms with Crippen LogP contribution in [0.15, 0.2) is 18.2 Å². The first kappa shape index (κ1) is 12.3. The molecule has 0 saturated carbocycles. The van der Waals surface area contributed by atoms with Gasteiger partial charge in [0.2, 0.25) is 10.0 Å². The summed E-state index contributed by atoms with van der Waals surface area (Å²) in [6.45, 7) is 1.45. The topological polar surface area (TPSA) is 104 Å². The zero-order valence-corrected chi connectivity index (χ0v) is 9.28. The van der Waals surface area contributed by atoms with Crippen LogP contribution in [0.1, 0.15) is 17.3 Å². The molecule has 0 amide bonds. The Hall–Kier alpha value is -1.76. The van der Waals surface area contributed by atoms with Gasteiger partial charge in [0.15, 0.2) is 0 Å². The second-order valence-corrected chi connectivity index (χ2v) is 5.05. The van der Waals surface area contributed by atoms with E-state index in [1.54, 1.807) is 0 Å². The number of phenolic OH excluding ortho intramolecular Hbond substituents is 1. The van der Waals surface area contributed by atoms with Gasteiger partial charge in [0.1, 0.15) is 5.75 Å². The van der Waals surface area contributed by atoms with Gasteiger partial charge in [-0.1, -0.05) is 0 Å². The lowest BCUT2D eigenvalue weighted by Crippen LogP contribution is -2.14. The van der Waals surface area contributed by atoms with Gasteiger partial charge in [0, 0.05) is 0 Å². The molecule has 7 heteroatoms. The highest BCUT2D eigenvalue weighted by Gasteiger charge is 2.12. The number of aromatic carboxylic acids is 1. The van der Waals surface area contributed by atoms with Gasteiger partial charge in [-0.25, -0.2) is 13.2 Å². The lowest BCUT2D eigenvalue weighted by atomic mass is 10.2. The van der Waals surface area contributed by atoms with Crippen molar-refractivity contribution in [1.29, 1.82) is 0 Å². The molecule has 0 atom stereocenters. The third kappa shape index (κ3) is 2.86. The van der Waals surface area contributed by atoms with Crippen LogP contribution in [-0.2, 0) is 10.0 Å². The Labute approximate surface area is 92.6 Å². The van der Waals surface area contributed by atoms with Gasteiger partial charge in [0.25, 0.3) is 0 Å². The van der Waals surface area contributed by atoms with Crippen molar-refractivity contribution in [2.75, 3.05) is 10.5 Å². The summed E-state index contributed by atoms with van der Waals surface area (Å²) in [5.74, 6) is -1.75. The average molecular weight is 245 g/mol. The molecule has 16 heavy (non-hydrogen) atoms. The number of anilines is 1. The van der Waals surface area contributed by atoms with E-state index in [1.165, 1.54) is 19.1 Å². The molecule has 0 fully saturated rings. The number of nitrogens with one attached hydrogen (secondary N) is 1. The van der Waals surface area contributed by atoms with Crippen LogP contribution in [0.25, 0.3) is 0 Å². The molecule has 0 spiro atoms. The number of sulfonamides is 1. The second kappa shape index (κ2) is 4.40. The molecule has 6 nitrogen and oxygen atoms in total. The van der Waals surface area contributed by atoms with E-state index >= 15 is 0 Å². The van der Waals surface area contributed by atoms with Gasteiger partial charge in [0.05, 0.1) is 17.0 Å². The molecule has 0 radical (unpaired) electrons. The zero-order chi connectivity index (χ0) is 12.3. The molecule has 0 bridgehead atoms.